The molecule has 0 unspecified atom stereocenters. The molecule has 3 rings (SSSR count). The van der Waals surface area contributed by atoms with Gasteiger partial charge in [-0.05, 0) is 24.3 Å². The minimum atomic E-state index is -0.470. The molecule has 8 nitrogen and oxygen atoms in total. The van der Waals surface area contributed by atoms with Crippen LogP contribution in [-0.4, -0.2) is 43.2 Å². The number of nitro benzene ring substituents is 1. The first-order valence-corrected chi connectivity index (χ1v) is 8.17. The second-order valence-corrected chi connectivity index (χ2v) is 5.93. The lowest BCUT2D eigenvalue weighted by molar-refractivity contribution is -0.385. The van der Waals surface area contributed by atoms with E-state index >= 15 is 0 Å². The molecular weight excluding hydrogens is 350 g/mol. The van der Waals surface area contributed by atoms with Crippen LogP contribution in [0.15, 0.2) is 42.5 Å². The SMILES string of the molecule is COc1cc2c(cc1OC)C(=O)N(C)[C@H](/C=C\c1ccccc1[N+](=O)[O-])N2. The average Bonchev–Trinajstić information content (AvgIpc) is 2.68. The zero-order valence-corrected chi connectivity index (χ0v) is 15.1. The van der Waals surface area contributed by atoms with Crippen LogP contribution in [0.5, 0.6) is 11.5 Å². The van der Waals surface area contributed by atoms with Gasteiger partial charge in [0.25, 0.3) is 11.6 Å². The lowest BCUT2D eigenvalue weighted by Crippen LogP contribution is -2.45. The fourth-order valence-electron chi connectivity index (χ4n) is 2.91. The van der Waals surface area contributed by atoms with Crippen molar-refractivity contribution in [2.24, 2.45) is 0 Å². The van der Waals surface area contributed by atoms with Crippen molar-refractivity contribution in [1.29, 1.82) is 0 Å². The van der Waals surface area contributed by atoms with E-state index in [-0.39, 0.29) is 11.6 Å². The van der Waals surface area contributed by atoms with Crippen molar-refractivity contribution in [3.05, 3.63) is 63.7 Å². The summed E-state index contributed by atoms with van der Waals surface area (Å²) in [4.78, 5) is 25.0. The number of anilines is 1. The molecule has 27 heavy (non-hydrogen) atoms. The molecule has 0 radical (unpaired) electrons. The molecule has 2 aromatic rings. The maximum Gasteiger partial charge on any atom is 0.276 e. The van der Waals surface area contributed by atoms with E-state index in [4.69, 9.17) is 9.47 Å². The number of likely N-dealkylation sites (N-methyl/N-ethyl adjacent to an activating group) is 1. The molecule has 1 aliphatic rings. The predicted molar refractivity (Wildman–Crippen MR) is 101 cm³/mol. The van der Waals surface area contributed by atoms with Gasteiger partial charge >= 0.3 is 0 Å². The summed E-state index contributed by atoms with van der Waals surface area (Å²) in [6, 6.07) is 9.76. The highest BCUT2D eigenvalue weighted by atomic mass is 16.6. The summed E-state index contributed by atoms with van der Waals surface area (Å²) in [6.45, 7) is 0. The summed E-state index contributed by atoms with van der Waals surface area (Å²) in [5, 5.41) is 14.4. The number of ether oxygens (including phenoxy) is 2. The van der Waals surface area contributed by atoms with E-state index in [0.717, 1.165) is 0 Å². The number of rotatable bonds is 5. The largest absolute Gasteiger partial charge is 0.493 e. The van der Waals surface area contributed by atoms with Crippen molar-refractivity contribution in [2.75, 3.05) is 26.6 Å². The molecule has 1 amide bonds. The highest BCUT2D eigenvalue weighted by Crippen LogP contribution is 2.36. The van der Waals surface area contributed by atoms with Crippen molar-refractivity contribution in [2.45, 2.75) is 6.17 Å². The lowest BCUT2D eigenvalue weighted by atomic mass is 10.1. The third-order valence-corrected chi connectivity index (χ3v) is 4.39. The fourth-order valence-corrected chi connectivity index (χ4v) is 2.91. The molecule has 0 saturated carbocycles. The van der Waals surface area contributed by atoms with Crippen LogP contribution >= 0.6 is 0 Å². The minimum Gasteiger partial charge on any atom is -0.493 e. The highest BCUT2D eigenvalue weighted by molar-refractivity contribution is 6.02. The van der Waals surface area contributed by atoms with Crippen LogP contribution in [0.1, 0.15) is 15.9 Å². The average molecular weight is 369 g/mol. The summed E-state index contributed by atoms with van der Waals surface area (Å²) in [7, 11) is 4.68. The number of para-hydroxylation sites is 1. The van der Waals surface area contributed by atoms with Gasteiger partial charge in [0.15, 0.2) is 11.5 Å². The Morgan fingerprint density at radius 2 is 1.85 bits per heavy atom. The topological polar surface area (TPSA) is 93.9 Å². The van der Waals surface area contributed by atoms with Gasteiger partial charge in [-0.25, -0.2) is 0 Å². The van der Waals surface area contributed by atoms with Crippen LogP contribution < -0.4 is 14.8 Å². The van der Waals surface area contributed by atoms with E-state index in [1.807, 2.05) is 0 Å². The number of fused-ring (bicyclic) bond motifs is 1. The molecule has 1 heterocycles. The number of nitro groups is 1. The molecule has 0 bridgehead atoms. The third kappa shape index (κ3) is 3.41. The van der Waals surface area contributed by atoms with E-state index in [2.05, 4.69) is 5.32 Å². The molecule has 0 saturated heterocycles. The number of hydrogen-bond acceptors (Lipinski definition) is 6. The van der Waals surface area contributed by atoms with Crippen LogP contribution in [-0.2, 0) is 0 Å². The monoisotopic (exact) mass is 369 g/mol. The van der Waals surface area contributed by atoms with Crippen LogP contribution in [0.3, 0.4) is 0 Å². The van der Waals surface area contributed by atoms with Gasteiger partial charge in [0.05, 0.1) is 36.0 Å². The summed E-state index contributed by atoms with van der Waals surface area (Å²) >= 11 is 0. The lowest BCUT2D eigenvalue weighted by Gasteiger charge is -2.34. The summed E-state index contributed by atoms with van der Waals surface area (Å²) in [6.07, 6.45) is 2.87. The van der Waals surface area contributed by atoms with Crippen molar-refractivity contribution >= 4 is 23.4 Å². The van der Waals surface area contributed by atoms with Crippen LogP contribution in [0.25, 0.3) is 6.08 Å². The third-order valence-electron chi connectivity index (χ3n) is 4.39. The van der Waals surface area contributed by atoms with Crippen molar-refractivity contribution < 1.29 is 19.2 Å². The molecule has 1 atom stereocenters. The minimum absolute atomic E-state index is 0.00495. The van der Waals surface area contributed by atoms with Gasteiger partial charge in [-0.3, -0.25) is 14.9 Å². The van der Waals surface area contributed by atoms with Gasteiger partial charge in [0, 0.05) is 19.2 Å². The molecule has 0 aromatic heterocycles. The van der Waals surface area contributed by atoms with Crippen LogP contribution in [0.4, 0.5) is 11.4 Å². The number of methoxy groups -OCH3 is 2. The molecule has 1 N–H and O–H groups in total. The van der Waals surface area contributed by atoms with Crippen LogP contribution in [0.2, 0.25) is 0 Å². The van der Waals surface area contributed by atoms with Gasteiger partial charge < -0.3 is 19.7 Å². The molecule has 0 spiro atoms. The number of hydrogen-bond donors (Lipinski definition) is 1. The Morgan fingerprint density at radius 1 is 1.19 bits per heavy atom. The zero-order chi connectivity index (χ0) is 19.6. The number of carbonyl (C=O) groups is 1. The predicted octanol–water partition coefficient (Wildman–Crippen LogP) is 3.15. The Kier molecular flexibility index (Phi) is 4.98. The van der Waals surface area contributed by atoms with Crippen molar-refractivity contribution in [1.82, 2.24) is 4.90 Å². The van der Waals surface area contributed by atoms with Gasteiger partial charge in [0.2, 0.25) is 0 Å². The van der Waals surface area contributed by atoms with E-state index in [0.29, 0.717) is 28.3 Å². The normalized spacial score (nSPS) is 16.0. The van der Waals surface area contributed by atoms with Gasteiger partial charge in [-0.15, -0.1) is 0 Å². The number of benzene rings is 2. The smallest absolute Gasteiger partial charge is 0.276 e. The molecule has 140 valence electrons. The van der Waals surface area contributed by atoms with Crippen LogP contribution in [0, 0.1) is 10.1 Å². The Labute approximate surface area is 156 Å². The zero-order valence-electron chi connectivity index (χ0n) is 15.1. The first-order chi connectivity index (χ1) is 13.0. The standard InChI is InChI=1S/C19H19N3O5/c1-21-18(9-8-12-6-4-5-7-15(12)22(24)25)20-14-11-17(27-3)16(26-2)10-13(14)19(21)23/h4-11,18,20H,1-3H3/b9-8-/t18-/m1/s1. The van der Waals surface area contributed by atoms with E-state index in [9.17, 15) is 14.9 Å². The number of carbonyl (C=O) groups excluding carboxylic acids is 1. The molecule has 1 aliphatic heterocycles. The molecular formula is C19H19N3O5. The van der Waals surface area contributed by atoms with Gasteiger partial charge in [-0.1, -0.05) is 12.1 Å². The molecule has 8 heteroatoms. The number of nitrogens with one attached hydrogen (secondary N) is 1. The van der Waals surface area contributed by atoms with Crippen molar-refractivity contribution in [3.63, 3.8) is 0 Å². The Morgan fingerprint density at radius 3 is 2.52 bits per heavy atom. The Balaban J connectivity index is 1.94. The maximum absolute atomic E-state index is 12.7. The van der Waals surface area contributed by atoms with Gasteiger partial charge in [0.1, 0.15) is 6.17 Å². The number of nitrogens with zero attached hydrogens (tertiary/aromatic N) is 2. The van der Waals surface area contributed by atoms with Crippen molar-refractivity contribution in [3.8, 4) is 11.5 Å². The molecule has 2 aromatic carbocycles. The first kappa shape index (κ1) is 18.2. The van der Waals surface area contributed by atoms with Gasteiger partial charge in [-0.2, -0.15) is 0 Å². The van der Waals surface area contributed by atoms with E-state index in [1.54, 1.807) is 49.5 Å². The fraction of sp³-hybridized carbons (Fsp3) is 0.211. The Hall–Kier alpha value is -3.55. The quantitative estimate of drug-likeness (QED) is 0.643. The second-order valence-electron chi connectivity index (χ2n) is 5.93. The summed E-state index contributed by atoms with van der Waals surface area (Å²) in [5.41, 5.74) is 1.53. The van der Waals surface area contributed by atoms with E-state index in [1.165, 1.54) is 25.2 Å². The highest BCUT2D eigenvalue weighted by Gasteiger charge is 2.29. The molecule has 0 fully saturated rings. The second kappa shape index (κ2) is 7.36. The van der Waals surface area contributed by atoms with E-state index < -0.39 is 11.1 Å². The summed E-state index contributed by atoms with van der Waals surface area (Å²) < 4.78 is 10.5. The Bertz CT molecular complexity index is 926. The first-order valence-electron chi connectivity index (χ1n) is 8.17. The number of amides is 1. The maximum atomic E-state index is 12.7. The summed E-state index contributed by atoms with van der Waals surface area (Å²) in [5.74, 6) is 0.776. The molecule has 0 aliphatic carbocycles.